The van der Waals surface area contributed by atoms with Gasteiger partial charge >= 0.3 is 18.0 Å². The number of rotatable bonds is 9. The first kappa shape index (κ1) is 25.7. The monoisotopic (exact) mass is 503 g/mol. The number of halogens is 2. The van der Waals surface area contributed by atoms with Crippen molar-refractivity contribution < 1.29 is 33.0 Å². The average molecular weight is 504 g/mol. The van der Waals surface area contributed by atoms with E-state index in [-0.39, 0.29) is 18.7 Å². The van der Waals surface area contributed by atoms with Crippen LogP contribution in [0.2, 0.25) is 5.02 Å². The molecular weight excluding hydrogens is 481 g/mol. The summed E-state index contributed by atoms with van der Waals surface area (Å²) < 4.78 is 23.9. The van der Waals surface area contributed by atoms with E-state index in [0.717, 1.165) is 12.7 Å². The highest BCUT2D eigenvalue weighted by atomic mass is 35.5. The van der Waals surface area contributed by atoms with E-state index in [9.17, 15) is 23.9 Å². The second kappa shape index (κ2) is 11.5. The molecule has 1 heterocycles. The number of alkyl carbamates (subject to hydrolysis) is 1. The maximum atomic E-state index is 14.2. The molecule has 1 aromatic heterocycles. The van der Waals surface area contributed by atoms with Gasteiger partial charge in [-0.3, -0.25) is 4.79 Å². The Kier molecular flexibility index (Phi) is 8.43. The third-order valence-corrected chi connectivity index (χ3v) is 5.36. The molecule has 2 aromatic carbocycles. The van der Waals surface area contributed by atoms with Crippen molar-refractivity contribution in [1.29, 1.82) is 0 Å². The lowest BCUT2D eigenvalue weighted by Crippen LogP contribution is -2.47. The number of amides is 2. The summed E-state index contributed by atoms with van der Waals surface area (Å²) in [5.41, 5.74) is 1.66. The van der Waals surface area contributed by atoms with Crippen molar-refractivity contribution in [2.75, 3.05) is 7.11 Å². The smallest absolute Gasteiger partial charge is 0.407 e. The number of aromatic nitrogens is 1. The second-order valence-electron chi connectivity index (χ2n) is 7.73. The van der Waals surface area contributed by atoms with E-state index in [0.29, 0.717) is 21.9 Å². The van der Waals surface area contributed by atoms with Gasteiger partial charge in [-0.1, -0.05) is 35.9 Å². The number of hydrogen-bond acceptors (Lipinski definition) is 6. The topological polar surface area (TPSA) is 131 Å². The molecule has 9 nitrogen and oxygen atoms in total. The molecule has 0 aliphatic heterocycles. The number of aliphatic carboxylic acids is 1. The van der Waals surface area contributed by atoms with Gasteiger partial charge in [-0.05, 0) is 49.1 Å². The third kappa shape index (κ3) is 7.03. The minimum atomic E-state index is -1.33. The van der Waals surface area contributed by atoms with Crippen molar-refractivity contribution in [3.05, 3.63) is 76.7 Å². The molecule has 0 saturated carbocycles. The van der Waals surface area contributed by atoms with Gasteiger partial charge in [-0.15, -0.1) is 0 Å². The number of carbonyl (C=O) groups excluding carboxylic acids is 2. The van der Waals surface area contributed by atoms with Crippen molar-refractivity contribution in [2.45, 2.75) is 31.8 Å². The van der Waals surface area contributed by atoms with Crippen LogP contribution in [0.3, 0.4) is 0 Å². The maximum Gasteiger partial charge on any atom is 0.407 e. The van der Waals surface area contributed by atoms with Crippen LogP contribution in [0.5, 0.6) is 0 Å². The Balaban J connectivity index is 1.82. The normalized spacial score (nSPS) is 12.5. The first-order valence-electron chi connectivity index (χ1n) is 10.5. The predicted octanol–water partition coefficient (Wildman–Crippen LogP) is 3.98. The summed E-state index contributed by atoms with van der Waals surface area (Å²) in [4.78, 5) is 39.8. The summed E-state index contributed by atoms with van der Waals surface area (Å²) in [5, 5.41) is 14.9. The SMILES string of the molecule is COC(=O)N[C@H](C[C@@H](Cc1ccc(-c2cc(Cl)ccc2F)cc1)NC(=O)c1ncc(C)o1)C(=O)O. The second-order valence-corrected chi connectivity index (χ2v) is 8.17. The van der Waals surface area contributed by atoms with Crippen LogP contribution in [0.15, 0.2) is 53.1 Å². The van der Waals surface area contributed by atoms with E-state index in [2.05, 4.69) is 20.4 Å². The fourth-order valence-electron chi connectivity index (χ4n) is 3.43. The Hall–Kier alpha value is -3.92. The van der Waals surface area contributed by atoms with E-state index in [1.165, 1.54) is 24.4 Å². The molecule has 0 spiro atoms. The molecule has 3 N–H and O–H groups in total. The number of benzene rings is 2. The Bertz CT molecular complexity index is 1210. The van der Waals surface area contributed by atoms with Crippen LogP contribution < -0.4 is 10.6 Å². The van der Waals surface area contributed by atoms with Gasteiger partial charge in [0.05, 0.1) is 13.3 Å². The number of carbonyl (C=O) groups is 3. The van der Waals surface area contributed by atoms with Crippen LogP contribution in [0.4, 0.5) is 9.18 Å². The highest BCUT2D eigenvalue weighted by Gasteiger charge is 2.27. The van der Waals surface area contributed by atoms with Gasteiger partial charge in [0.2, 0.25) is 0 Å². The molecule has 11 heteroatoms. The van der Waals surface area contributed by atoms with Gasteiger partial charge in [-0.2, -0.15) is 0 Å². The lowest BCUT2D eigenvalue weighted by atomic mass is 9.97. The van der Waals surface area contributed by atoms with E-state index >= 15 is 0 Å². The number of carboxylic acids is 1. The Labute approximate surface area is 205 Å². The molecule has 184 valence electrons. The molecule has 35 heavy (non-hydrogen) atoms. The molecule has 2 amide bonds. The van der Waals surface area contributed by atoms with Crippen LogP contribution in [0.25, 0.3) is 11.1 Å². The summed E-state index contributed by atoms with van der Waals surface area (Å²) >= 11 is 5.98. The van der Waals surface area contributed by atoms with Gasteiger partial charge in [0.15, 0.2) is 0 Å². The number of methoxy groups -OCH3 is 1. The first-order chi connectivity index (χ1) is 16.7. The standard InChI is InChI=1S/C24H23ClFN3O6/c1-13-12-27-22(35-13)21(30)28-17(11-20(23(31)32)29-24(33)34-2)9-14-3-5-15(6-4-14)18-10-16(25)7-8-19(18)26/h3-8,10,12,17,20H,9,11H2,1-2H3,(H,28,30)(H,29,33)(H,31,32)/t17-,20-/m1/s1. The fourth-order valence-corrected chi connectivity index (χ4v) is 3.60. The van der Waals surface area contributed by atoms with E-state index in [4.69, 9.17) is 16.0 Å². The molecule has 0 bridgehead atoms. The van der Waals surface area contributed by atoms with Gasteiger partial charge < -0.3 is 24.9 Å². The van der Waals surface area contributed by atoms with Gasteiger partial charge in [-0.25, -0.2) is 19.0 Å². The van der Waals surface area contributed by atoms with Gasteiger partial charge in [0, 0.05) is 16.6 Å². The number of nitrogens with one attached hydrogen (secondary N) is 2. The largest absolute Gasteiger partial charge is 0.480 e. The lowest BCUT2D eigenvalue weighted by molar-refractivity contribution is -0.139. The van der Waals surface area contributed by atoms with E-state index < -0.39 is 35.9 Å². The minimum absolute atomic E-state index is 0.152. The highest BCUT2D eigenvalue weighted by Crippen LogP contribution is 2.26. The van der Waals surface area contributed by atoms with Crippen molar-refractivity contribution in [3.8, 4) is 11.1 Å². The van der Waals surface area contributed by atoms with Crippen molar-refractivity contribution >= 4 is 29.6 Å². The van der Waals surface area contributed by atoms with Crippen molar-refractivity contribution in [3.63, 3.8) is 0 Å². The molecule has 0 fully saturated rings. The van der Waals surface area contributed by atoms with E-state index in [1.54, 1.807) is 31.2 Å². The average Bonchev–Trinajstić information content (AvgIpc) is 3.27. The van der Waals surface area contributed by atoms with Crippen LogP contribution in [-0.2, 0) is 16.0 Å². The fraction of sp³-hybridized carbons (Fsp3) is 0.250. The molecule has 0 unspecified atom stereocenters. The number of ether oxygens (including phenoxy) is 1. The predicted molar refractivity (Wildman–Crippen MR) is 125 cm³/mol. The van der Waals surface area contributed by atoms with Gasteiger partial charge in [0.1, 0.15) is 17.6 Å². The number of oxazole rings is 1. The van der Waals surface area contributed by atoms with Gasteiger partial charge in [0.25, 0.3) is 5.89 Å². The van der Waals surface area contributed by atoms with Crippen molar-refractivity contribution in [2.24, 2.45) is 0 Å². The zero-order valence-corrected chi connectivity index (χ0v) is 19.6. The summed E-state index contributed by atoms with van der Waals surface area (Å²) in [6, 6.07) is 9.04. The Morgan fingerprint density at radius 3 is 2.49 bits per heavy atom. The number of carboxylic acid groups (broad SMARTS) is 1. The lowest BCUT2D eigenvalue weighted by Gasteiger charge is -2.22. The quantitative estimate of drug-likeness (QED) is 0.402. The minimum Gasteiger partial charge on any atom is -0.480 e. The highest BCUT2D eigenvalue weighted by molar-refractivity contribution is 6.30. The van der Waals surface area contributed by atoms with Crippen molar-refractivity contribution in [1.82, 2.24) is 15.6 Å². The summed E-state index contributed by atoms with van der Waals surface area (Å²) in [6.45, 7) is 1.63. The summed E-state index contributed by atoms with van der Waals surface area (Å²) in [5.74, 6) is -2.10. The first-order valence-corrected chi connectivity index (χ1v) is 10.9. The third-order valence-electron chi connectivity index (χ3n) is 5.12. The molecule has 2 atom stereocenters. The van der Waals surface area contributed by atoms with Crippen LogP contribution in [0.1, 0.15) is 28.4 Å². The maximum absolute atomic E-state index is 14.2. The zero-order chi connectivity index (χ0) is 25.5. The molecule has 0 aliphatic carbocycles. The molecular formula is C24H23ClFN3O6. The van der Waals surface area contributed by atoms with Crippen LogP contribution in [0, 0.1) is 12.7 Å². The Morgan fingerprint density at radius 2 is 1.89 bits per heavy atom. The zero-order valence-electron chi connectivity index (χ0n) is 18.9. The summed E-state index contributed by atoms with van der Waals surface area (Å²) in [7, 11) is 1.11. The van der Waals surface area contributed by atoms with Crippen LogP contribution in [-0.4, -0.2) is 47.3 Å². The van der Waals surface area contributed by atoms with Crippen LogP contribution >= 0.6 is 11.6 Å². The van der Waals surface area contributed by atoms with E-state index in [1.807, 2.05) is 0 Å². The molecule has 3 aromatic rings. The molecule has 0 aliphatic rings. The summed E-state index contributed by atoms with van der Waals surface area (Å²) in [6.07, 6.45) is 0.520. The molecule has 0 radical (unpaired) electrons. The number of nitrogens with zero attached hydrogens (tertiary/aromatic N) is 1. The number of hydrogen-bond donors (Lipinski definition) is 3. The Morgan fingerprint density at radius 1 is 1.17 bits per heavy atom. The molecule has 0 saturated heterocycles. The molecule has 3 rings (SSSR count). The number of aryl methyl sites for hydroxylation is 1.